The Bertz CT molecular complexity index is 523. The van der Waals surface area contributed by atoms with Crippen molar-refractivity contribution in [2.75, 3.05) is 14.1 Å². The summed E-state index contributed by atoms with van der Waals surface area (Å²) in [6.07, 6.45) is 0. The molecule has 0 radical (unpaired) electrons. The van der Waals surface area contributed by atoms with Crippen molar-refractivity contribution in [3.63, 3.8) is 0 Å². The number of carbonyl (C=O) groups excluding carboxylic acids is 1. The van der Waals surface area contributed by atoms with Gasteiger partial charge in [-0.2, -0.15) is 8.78 Å². The molecule has 0 amide bonds. The fourth-order valence-corrected chi connectivity index (χ4v) is 1.91. The molecular weight excluding hydrogens is 297 g/mol. The third-order valence-corrected chi connectivity index (χ3v) is 2.80. The average Bonchev–Trinajstić information content (AvgIpc) is 2.38. The summed E-state index contributed by atoms with van der Waals surface area (Å²) in [6, 6.07) is -0.903. The number of halogens is 5. The van der Waals surface area contributed by atoms with Crippen LogP contribution in [-0.4, -0.2) is 31.0 Å². The van der Waals surface area contributed by atoms with Crippen LogP contribution in [0.15, 0.2) is 0 Å². The lowest BCUT2D eigenvalue weighted by atomic mass is 10.0. The number of hydrogen-bond acceptors (Lipinski definition) is 3. The second-order valence-corrected chi connectivity index (χ2v) is 4.97. The molecule has 1 aromatic carbocycles. The highest BCUT2D eigenvalue weighted by Crippen LogP contribution is 2.29. The molecule has 0 heterocycles. The van der Waals surface area contributed by atoms with Crippen LogP contribution in [0.2, 0.25) is 0 Å². The quantitative estimate of drug-likeness (QED) is 0.281. The molecule has 1 atom stereocenters. The maximum atomic E-state index is 13.4. The smallest absolute Gasteiger partial charge is 0.329 e. The molecule has 0 N–H and O–H groups in total. The molecule has 3 nitrogen and oxygen atoms in total. The van der Waals surface area contributed by atoms with Gasteiger partial charge in [-0.3, -0.25) is 4.90 Å². The van der Waals surface area contributed by atoms with E-state index in [9.17, 15) is 26.7 Å². The summed E-state index contributed by atoms with van der Waals surface area (Å²) >= 11 is 0. The van der Waals surface area contributed by atoms with E-state index < -0.39 is 46.8 Å². The van der Waals surface area contributed by atoms with Crippen LogP contribution in [0.25, 0.3) is 0 Å². The van der Waals surface area contributed by atoms with E-state index in [-0.39, 0.29) is 5.92 Å². The van der Waals surface area contributed by atoms with Gasteiger partial charge in [0.15, 0.2) is 0 Å². The number of carbonyl (C=O) groups is 1. The zero-order valence-corrected chi connectivity index (χ0v) is 11.8. The first-order chi connectivity index (χ1) is 9.59. The van der Waals surface area contributed by atoms with E-state index in [1.807, 2.05) is 0 Å². The third-order valence-electron chi connectivity index (χ3n) is 2.80. The van der Waals surface area contributed by atoms with Crippen LogP contribution >= 0.6 is 0 Å². The van der Waals surface area contributed by atoms with Gasteiger partial charge in [0, 0.05) is 0 Å². The summed E-state index contributed by atoms with van der Waals surface area (Å²) in [6.45, 7) is 3.29. The van der Waals surface area contributed by atoms with Crippen molar-refractivity contribution in [1.29, 1.82) is 0 Å². The molecule has 0 saturated heterocycles. The number of benzene rings is 1. The van der Waals surface area contributed by atoms with Crippen LogP contribution in [-0.2, 0) is 4.79 Å². The van der Waals surface area contributed by atoms with Crippen molar-refractivity contribution < 1.29 is 31.5 Å². The Morgan fingerprint density at radius 3 is 1.62 bits per heavy atom. The third kappa shape index (κ3) is 3.31. The van der Waals surface area contributed by atoms with Crippen molar-refractivity contribution in [1.82, 2.24) is 4.90 Å². The molecule has 0 bridgehead atoms. The summed E-state index contributed by atoms with van der Waals surface area (Å²) in [5.41, 5.74) is 0. The minimum absolute atomic E-state index is 0.297. The van der Waals surface area contributed by atoms with Gasteiger partial charge in [-0.05, 0) is 20.0 Å². The standard InChI is InChI=1S/C13H14F5NO2/c1-5(2)11(19(3)4)13(20)21-12-9(17)7(15)6(14)8(16)10(12)18/h5,11H,1-4H3/t11-/m0/s1. The fraction of sp³-hybridized carbons (Fsp3) is 0.462. The Kier molecular flexibility index (Phi) is 5.27. The Hall–Kier alpha value is -1.70. The normalized spacial score (nSPS) is 12.9. The van der Waals surface area contributed by atoms with Crippen LogP contribution in [0.5, 0.6) is 5.75 Å². The monoisotopic (exact) mass is 311 g/mol. The number of hydrogen-bond donors (Lipinski definition) is 0. The van der Waals surface area contributed by atoms with Crippen molar-refractivity contribution >= 4 is 5.97 Å². The van der Waals surface area contributed by atoms with Gasteiger partial charge in [0.2, 0.25) is 34.8 Å². The number of likely N-dealkylation sites (N-methyl/N-ethyl adjacent to an activating group) is 1. The molecule has 0 saturated carbocycles. The summed E-state index contributed by atoms with van der Waals surface area (Å²) < 4.78 is 70.1. The summed E-state index contributed by atoms with van der Waals surface area (Å²) in [5, 5.41) is 0. The highest BCUT2D eigenvalue weighted by molar-refractivity contribution is 5.78. The van der Waals surface area contributed by atoms with E-state index in [0.29, 0.717) is 0 Å². The number of rotatable bonds is 4. The predicted octanol–water partition coefficient (Wildman–Crippen LogP) is 2.87. The van der Waals surface area contributed by atoms with Crippen molar-refractivity contribution in [3.05, 3.63) is 29.1 Å². The highest BCUT2D eigenvalue weighted by atomic mass is 19.2. The molecule has 0 spiro atoms. The van der Waals surface area contributed by atoms with Crippen molar-refractivity contribution in [3.8, 4) is 5.75 Å². The van der Waals surface area contributed by atoms with E-state index in [2.05, 4.69) is 4.74 Å². The van der Waals surface area contributed by atoms with E-state index in [1.165, 1.54) is 19.0 Å². The van der Waals surface area contributed by atoms with Crippen LogP contribution < -0.4 is 4.74 Å². The van der Waals surface area contributed by atoms with Crippen LogP contribution in [0, 0.1) is 35.0 Å². The first-order valence-electron chi connectivity index (χ1n) is 5.99. The Morgan fingerprint density at radius 1 is 0.905 bits per heavy atom. The largest absolute Gasteiger partial charge is 0.419 e. The fourth-order valence-electron chi connectivity index (χ4n) is 1.91. The molecule has 118 valence electrons. The number of ether oxygens (including phenoxy) is 1. The zero-order valence-electron chi connectivity index (χ0n) is 11.8. The molecule has 21 heavy (non-hydrogen) atoms. The molecule has 0 aliphatic rings. The molecule has 0 aromatic heterocycles. The maximum Gasteiger partial charge on any atom is 0.329 e. The van der Waals surface area contributed by atoms with Crippen molar-refractivity contribution in [2.45, 2.75) is 19.9 Å². The SMILES string of the molecule is CC(C)[C@@H](C(=O)Oc1c(F)c(F)c(F)c(F)c1F)N(C)C. The molecule has 1 rings (SSSR count). The molecule has 0 aliphatic heterocycles. The van der Waals surface area contributed by atoms with Gasteiger partial charge in [0.1, 0.15) is 6.04 Å². The molecular formula is C13H14F5NO2. The molecule has 1 aromatic rings. The van der Waals surface area contributed by atoms with Gasteiger partial charge in [0.05, 0.1) is 0 Å². The van der Waals surface area contributed by atoms with Crippen molar-refractivity contribution in [2.24, 2.45) is 5.92 Å². The van der Waals surface area contributed by atoms with Crippen LogP contribution in [0.3, 0.4) is 0 Å². The second-order valence-electron chi connectivity index (χ2n) is 4.97. The summed E-state index contributed by atoms with van der Waals surface area (Å²) in [5.74, 6) is -14.0. The summed E-state index contributed by atoms with van der Waals surface area (Å²) in [4.78, 5) is 13.3. The first kappa shape index (κ1) is 17.4. The summed E-state index contributed by atoms with van der Waals surface area (Å²) in [7, 11) is 3.04. The maximum absolute atomic E-state index is 13.4. The van der Waals surface area contributed by atoms with Gasteiger partial charge < -0.3 is 4.74 Å². The topological polar surface area (TPSA) is 29.5 Å². The van der Waals surface area contributed by atoms with Gasteiger partial charge in [-0.25, -0.2) is 18.0 Å². The minimum Gasteiger partial charge on any atom is -0.419 e. The van der Waals surface area contributed by atoms with E-state index in [4.69, 9.17) is 0 Å². The van der Waals surface area contributed by atoms with Crippen LogP contribution in [0.1, 0.15) is 13.8 Å². The lowest BCUT2D eigenvalue weighted by Gasteiger charge is -2.25. The molecule has 0 fully saturated rings. The lowest BCUT2D eigenvalue weighted by Crippen LogP contribution is -2.42. The van der Waals surface area contributed by atoms with Crippen LogP contribution in [0.4, 0.5) is 22.0 Å². The van der Waals surface area contributed by atoms with Gasteiger partial charge in [0.25, 0.3) is 0 Å². The molecule has 0 unspecified atom stereocenters. The van der Waals surface area contributed by atoms with Gasteiger partial charge >= 0.3 is 5.97 Å². The van der Waals surface area contributed by atoms with Gasteiger partial charge in [-0.15, -0.1) is 0 Å². The molecule has 8 heteroatoms. The average molecular weight is 311 g/mol. The van der Waals surface area contributed by atoms with E-state index >= 15 is 0 Å². The highest BCUT2D eigenvalue weighted by Gasteiger charge is 2.32. The van der Waals surface area contributed by atoms with E-state index in [1.54, 1.807) is 13.8 Å². The minimum atomic E-state index is -2.31. The lowest BCUT2D eigenvalue weighted by molar-refractivity contribution is -0.141. The van der Waals surface area contributed by atoms with Gasteiger partial charge in [-0.1, -0.05) is 13.8 Å². The number of esters is 1. The first-order valence-corrected chi connectivity index (χ1v) is 5.99. The van der Waals surface area contributed by atoms with E-state index in [0.717, 1.165) is 0 Å². The Morgan fingerprint density at radius 2 is 1.29 bits per heavy atom. The predicted molar refractivity (Wildman–Crippen MR) is 64.2 cm³/mol. The zero-order chi connectivity index (χ0) is 16.5. The Labute approximate surface area is 118 Å². The Balaban J connectivity index is 3.23. The second kappa shape index (κ2) is 6.38. The molecule has 0 aliphatic carbocycles. The number of nitrogens with zero attached hydrogens (tertiary/aromatic N) is 1.